The molecule has 0 aliphatic carbocycles. The molecule has 2 aromatic rings. The predicted octanol–water partition coefficient (Wildman–Crippen LogP) is 4.53. The van der Waals surface area contributed by atoms with Crippen molar-refractivity contribution >= 4 is 46.5 Å². The third kappa shape index (κ3) is 5.37. The number of hydrogen-bond donors (Lipinski definition) is 2. The van der Waals surface area contributed by atoms with E-state index >= 15 is 0 Å². The Bertz CT molecular complexity index is 794. The van der Waals surface area contributed by atoms with Crippen LogP contribution in [-0.4, -0.2) is 25.5 Å². The average Bonchev–Trinajstić information content (AvgIpc) is 2.59. The van der Waals surface area contributed by atoms with Gasteiger partial charge >= 0.3 is 5.97 Å². The molecule has 0 bridgehead atoms. The fraction of sp³-hybridized carbons (Fsp3) is 0.222. The molecule has 0 aliphatic rings. The van der Waals surface area contributed by atoms with Crippen LogP contribution < -0.4 is 10.6 Å². The van der Waals surface area contributed by atoms with E-state index in [-0.39, 0.29) is 12.3 Å². The number of anilines is 2. The van der Waals surface area contributed by atoms with Crippen LogP contribution in [0.2, 0.25) is 10.0 Å². The molecule has 132 valence electrons. The molecule has 2 aromatic carbocycles. The first-order chi connectivity index (χ1) is 11.9. The van der Waals surface area contributed by atoms with Crippen LogP contribution in [0.1, 0.15) is 22.3 Å². The Kier molecular flexibility index (Phi) is 6.67. The summed E-state index contributed by atoms with van der Waals surface area (Å²) < 4.78 is 4.66. The minimum absolute atomic E-state index is 0.226. The number of ether oxygens (including phenoxy) is 1. The summed E-state index contributed by atoms with van der Waals surface area (Å²) in [6, 6.07) is 10.1. The molecule has 0 radical (unpaired) electrons. The quantitative estimate of drug-likeness (QED) is 0.722. The molecule has 0 saturated carbocycles. The van der Waals surface area contributed by atoms with Gasteiger partial charge in [-0.25, -0.2) is 4.79 Å². The molecular weight excluding hydrogens is 363 g/mol. The Hall–Kier alpha value is -2.24. The normalized spacial score (nSPS) is 10.2. The van der Waals surface area contributed by atoms with E-state index in [0.29, 0.717) is 27.8 Å². The maximum atomic E-state index is 12.1. The smallest absolute Gasteiger partial charge is 0.337 e. The van der Waals surface area contributed by atoms with Crippen molar-refractivity contribution in [3.8, 4) is 0 Å². The number of hydrogen-bond acceptors (Lipinski definition) is 4. The lowest BCUT2D eigenvalue weighted by atomic mass is 10.2. The highest BCUT2D eigenvalue weighted by Crippen LogP contribution is 2.24. The summed E-state index contributed by atoms with van der Waals surface area (Å²) in [5.41, 5.74) is 2.60. The topological polar surface area (TPSA) is 67.4 Å². The molecule has 0 aliphatic heterocycles. The molecule has 1 amide bonds. The first kappa shape index (κ1) is 19.1. The van der Waals surface area contributed by atoms with Crippen molar-refractivity contribution in [1.82, 2.24) is 0 Å². The second-order valence-electron chi connectivity index (χ2n) is 5.37. The molecule has 2 N–H and O–H groups in total. The number of aryl methyl sites for hydroxylation is 1. The molecule has 0 fully saturated rings. The zero-order chi connectivity index (χ0) is 18.4. The number of esters is 1. The van der Waals surface area contributed by atoms with Gasteiger partial charge in [-0.3, -0.25) is 4.79 Å². The number of amides is 1. The molecule has 25 heavy (non-hydrogen) atoms. The number of halogens is 2. The molecule has 0 heterocycles. The first-order valence-corrected chi connectivity index (χ1v) is 8.34. The van der Waals surface area contributed by atoms with Crippen LogP contribution in [-0.2, 0) is 9.53 Å². The summed E-state index contributed by atoms with van der Waals surface area (Å²) in [4.78, 5) is 23.7. The third-order valence-corrected chi connectivity index (χ3v) is 4.09. The van der Waals surface area contributed by atoms with E-state index in [0.717, 1.165) is 11.3 Å². The molecular formula is C18H18Cl2N2O3. The standard InChI is InChI=1S/C18H18Cl2N2O3/c1-11-3-5-13(19)10-15(11)21-8-7-17(23)22-16-9-12(18(24)25-2)4-6-14(16)20/h3-6,9-10,21H,7-8H2,1-2H3,(H,22,23). The molecule has 7 heteroatoms. The minimum Gasteiger partial charge on any atom is -0.465 e. The highest BCUT2D eigenvalue weighted by atomic mass is 35.5. The molecule has 0 unspecified atom stereocenters. The number of methoxy groups -OCH3 is 1. The first-order valence-electron chi connectivity index (χ1n) is 7.58. The van der Waals surface area contributed by atoms with Crippen LogP contribution in [0.4, 0.5) is 11.4 Å². The third-order valence-electron chi connectivity index (χ3n) is 3.53. The Morgan fingerprint density at radius 2 is 1.84 bits per heavy atom. The zero-order valence-corrected chi connectivity index (χ0v) is 15.4. The van der Waals surface area contributed by atoms with Crippen LogP contribution in [0.25, 0.3) is 0 Å². The van der Waals surface area contributed by atoms with Gasteiger partial charge in [0.05, 0.1) is 23.4 Å². The van der Waals surface area contributed by atoms with Crippen molar-refractivity contribution in [1.29, 1.82) is 0 Å². The fourth-order valence-corrected chi connectivity index (χ4v) is 2.51. The Labute approximate surface area is 156 Å². The van der Waals surface area contributed by atoms with E-state index in [1.54, 1.807) is 0 Å². The molecule has 5 nitrogen and oxygen atoms in total. The Balaban J connectivity index is 1.94. The van der Waals surface area contributed by atoms with E-state index in [9.17, 15) is 9.59 Å². The molecule has 0 saturated heterocycles. The largest absolute Gasteiger partial charge is 0.465 e. The maximum Gasteiger partial charge on any atom is 0.337 e. The second kappa shape index (κ2) is 8.74. The number of benzene rings is 2. The summed E-state index contributed by atoms with van der Waals surface area (Å²) in [6.45, 7) is 2.39. The van der Waals surface area contributed by atoms with Crippen molar-refractivity contribution in [3.05, 3.63) is 57.6 Å². The summed E-state index contributed by atoms with van der Waals surface area (Å²) in [6.07, 6.45) is 0.227. The Morgan fingerprint density at radius 3 is 2.56 bits per heavy atom. The molecule has 0 atom stereocenters. The van der Waals surface area contributed by atoms with Crippen molar-refractivity contribution in [2.24, 2.45) is 0 Å². The van der Waals surface area contributed by atoms with Gasteiger partial charge in [-0.15, -0.1) is 0 Å². The van der Waals surface area contributed by atoms with Crippen molar-refractivity contribution < 1.29 is 14.3 Å². The van der Waals surface area contributed by atoms with Crippen LogP contribution in [0.5, 0.6) is 0 Å². The van der Waals surface area contributed by atoms with Gasteiger partial charge < -0.3 is 15.4 Å². The van der Waals surface area contributed by atoms with Crippen molar-refractivity contribution in [2.45, 2.75) is 13.3 Å². The number of nitrogens with one attached hydrogen (secondary N) is 2. The maximum absolute atomic E-state index is 12.1. The summed E-state index contributed by atoms with van der Waals surface area (Å²) >= 11 is 12.0. The van der Waals surface area contributed by atoms with Crippen LogP contribution in [0.3, 0.4) is 0 Å². The average molecular weight is 381 g/mol. The monoisotopic (exact) mass is 380 g/mol. The second-order valence-corrected chi connectivity index (χ2v) is 6.21. The van der Waals surface area contributed by atoms with Gasteiger partial charge in [-0.1, -0.05) is 29.3 Å². The lowest BCUT2D eigenvalue weighted by molar-refractivity contribution is -0.115. The fourth-order valence-electron chi connectivity index (χ4n) is 2.17. The van der Waals surface area contributed by atoms with E-state index < -0.39 is 5.97 Å². The summed E-state index contributed by atoms with van der Waals surface area (Å²) in [5, 5.41) is 6.84. The van der Waals surface area contributed by atoms with Gasteiger partial charge in [-0.2, -0.15) is 0 Å². The number of carbonyl (C=O) groups is 2. The van der Waals surface area contributed by atoms with E-state index in [1.165, 1.54) is 25.3 Å². The van der Waals surface area contributed by atoms with Gasteiger partial charge in [0.2, 0.25) is 5.91 Å². The molecule has 0 spiro atoms. The minimum atomic E-state index is -0.495. The highest BCUT2D eigenvalue weighted by Gasteiger charge is 2.11. The van der Waals surface area contributed by atoms with Gasteiger partial charge in [0, 0.05) is 23.7 Å². The van der Waals surface area contributed by atoms with Gasteiger partial charge in [0.15, 0.2) is 0 Å². The van der Waals surface area contributed by atoms with Gasteiger partial charge in [0.1, 0.15) is 0 Å². The SMILES string of the molecule is COC(=O)c1ccc(Cl)c(NC(=O)CCNc2cc(Cl)ccc2C)c1. The molecule has 2 rings (SSSR count). The number of rotatable bonds is 6. The van der Waals surface area contributed by atoms with Crippen LogP contribution >= 0.6 is 23.2 Å². The van der Waals surface area contributed by atoms with Crippen LogP contribution in [0, 0.1) is 6.92 Å². The lowest BCUT2D eigenvalue weighted by Gasteiger charge is -2.11. The number of carbonyl (C=O) groups excluding carboxylic acids is 2. The van der Waals surface area contributed by atoms with Crippen LogP contribution in [0.15, 0.2) is 36.4 Å². The summed E-state index contributed by atoms with van der Waals surface area (Å²) in [7, 11) is 1.29. The van der Waals surface area contributed by atoms with Gasteiger partial charge in [0.25, 0.3) is 0 Å². The van der Waals surface area contributed by atoms with E-state index in [4.69, 9.17) is 23.2 Å². The Morgan fingerprint density at radius 1 is 1.08 bits per heavy atom. The van der Waals surface area contributed by atoms with E-state index in [2.05, 4.69) is 15.4 Å². The zero-order valence-electron chi connectivity index (χ0n) is 13.9. The lowest BCUT2D eigenvalue weighted by Crippen LogP contribution is -2.17. The highest BCUT2D eigenvalue weighted by molar-refractivity contribution is 6.33. The van der Waals surface area contributed by atoms with Crippen molar-refractivity contribution in [2.75, 3.05) is 24.3 Å². The summed E-state index contributed by atoms with van der Waals surface area (Å²) in [5.74, 6) is -0.721. The van der Waals surface area contributed by atoms with Gasteiger partial charge in [-0.05, 0) is 42.8 Å². The predicted molar refractivity (Wildman–Crippen MR) is 101 cm³/mol. The molecule has 0 aromatic heterocycles. The van der Waals surface area contributed by atoms with Crippen molar-refractivity contribution in [3.63, 3.8) is 0 Å². The van der Waals surface area contributed by atoms with E-state index in [1.807, 2.05) is 25.1 Å².